The molecule has 0 fully saturated rings. The standard InChI is InChI=1S/C14H19BrN2O4/c1-16(2)7-8-17(9-14(19)20)13(18)10-21-12-5-3-11(15)4-6-12/h3-6H,7-10H2,1-2H3,(H,19,20). The molecule has 21 heavy (non-hydrogen) atoms. The molecular formula is C14H19BrN2O4. The largest absolute Gasteiger partial charge is 0.484 e. The van der Waals surface area contributed by atoms with E-state index in [0.717, 1.165) is 4.47 Å². The predicted molar refractivity (Wildman–Crippen MR) is 82.4 cm³/mol. The number of likely N-dealkylation sites (N-methyl/N-ethyl adjacent to an activating group) is 1. The van der Waals surface area contributed by atoms with Gasteiger partial charge in [0.2, 0.25) is 0 Å². The van der Waals surface area contributed by atoms with E-state index in [4.69, 9.17) is 9.84 Å². The molecule has 0 radical (unpaired) electrons. The Kier molecular flexibility index (Phi) is 7.18. The highest BCUT2D eigenvalue weighted by Gasteiger charge is 2.17. The predicted octanol–water partition coefficient (Wildman–Crippen LogP) is 1.30. The van der Waals surface area contributed by atoms with E-state index < -0.39 is 5.97 Å². The Morgan fingerprint density at radius 2 is 1.81 bits per heavy atom. The number of hydrogen-bond acceptors (Lipinski definition) is 4. The van der Waals surface area contributed by atoms with Gasteiger partial charge in [-0.3, -0.25) is 9.59 Å². The molecule has 0 spiro atoms. The molecule has 0 aliphatic heterocycles. The van der Waals surface area contributed by atoms with Crippen LogP contribution >= 0.6 is 15.9 Å². The molecule has 0 saturated heterocycles. The van der Waals surface area contributed by atoms with E-state index in [1.54, 1.807) is 24.3 Å². The number of benzene rings is 1. The molecule has 0 atom stereocenters. The zero-order valence-corrected chi connectivity index (χ0v) is 13.7. The van der Waals surface area contributed by atoms with Crippen LogP contribution in [0.1, 0.15) is 0 Å². The Hall–Kier alpha value is -1.60. The summed E-state index contributed by atoms with van der Waals surface area (Å²) in [6.07, 6.45) is 0. The van der Waals surface area contributed by atoms with Crippen LogP contribution < -0.4 is 4.74 Å². The molecule has 0 unspecified atom stereocenters. The van der Waals surface area contributed by atoms with E-state index in [1.807, 2.05) is 19.0 Å². The second-order valence-electron chi connectivity index (χ2n) is 4.75. The van der Waals surface area contributed by atoms with Gasteiger partial charge >= 0.3 is 5.97 Å². The van der Waals surface area contributed by atoms with Gasteiger partial charge in [-0.25, -0.2) is 0 Å². The number of carboxylic acids is 1. The van der Waals surface area contributed by atoms with Crippen LogP contribution in [-0.2, 0) is 9.59 Å². The van der Waals surface area contributed by atoms with Crippen LogP contribution in [0.5, 0.6) is 5.75 Å². The number of carboxylic acid groups (broad SMARTS) is 1. The molecule has 0 aliphatic rings. The Bertz CT molecular complexity index is 476. The molecule has 0 saturated carbocycles. The minimum Gasteiger partial charge on any atom is -0.484 e. The molecule has 0 heterocycles. The summed E-state index contributed by atoms with van der Waals surface area (Å²) < 4.78 is 6.29. The molecule has 0 aliphatic carbocycles. The minimum absolute atomic E-state index is 0.178. The minimum atomic E-state index is -1.04. The first kappa shape index (κ1) is 17.5. The summed E-state index contributed by atoms with van der Waals surface area (Å²) >= 11 is 3.31. The van der Waals surface area contributed by atoms with Crippen LogP contribution in [0.2, 0.25) is 0 Å². The van der Waals surface area contributed by atoms with E-state index in [1.165, 1.54) is 4.90 Å². The van der Waals surface area contributed by atoms with E-state index in [0.29, 0.717) is 18.8 Å². The first-order valence-electron chi connectivity index (χ1n) is 6.41. The molecular weight excluding hydrogens is 340 g/mol. The van der Waals surface area contributed by atoms with Crippen LogP contribution in [0.4, 0.5) is 0 Å². The zero-order valence-electron chi connectivity index (χ0n) is 12.1. The monoisotopic (exact) mass is 358 g/mol. The van der Waals surface area contributed by atoms with Gasteiger partial charge in [0.15, 0.2) is 6.61 Å². The highest BCUT2D eigenvalue weighted by molar-refractivity contribution is 9.10. The number of amides is 1. The molecule has 1 aromatic rings. The SMILES string of the molecule is CN(C)CCN(CC(=O)O)C(=O)COc1ccc(Br)cc1. The maximum atomic E-state index is 12.0. The number of carbonyl (C=O) groups excluding carboxylic acids is 1. The normalized spacial score (nSPS) is 10.5. The van der Waals surface area contributed by atoms with Crippen molar-refractivity contribution in [2.75, 3.05) is 40.3 Å². The first-order chi connectivity index (χ1) is 9.88. The second kappa shape index (κ2) is 8.63. The van der Waals surface area contributed by atoms with Gasteiger partial charge in [-0.2, -0.15) is 0 Å². The maximum absolute atomic E-state index is 12.0. The third kappa shape index (κ3) is 7.10. The van der Waals surface area contributed by atoms with Crippen molar-refractivity contribution in [2.45, 2.75) is 0 Å². The number of carbonyl (C=O) groups is 2. The summed E-state index contributed by atoms with van der Waals surface area (Å²) in [7, 11) is 3.73. The van der Waals surface area contributed by atoms with Crippen molar-refractivity contribution >= 4 is 27.8 Å². The van der Waals surface area contributed by atoms with E-state index >= 15 is 0 Å². The average molecular weight is 359 g/mol. The van der Waals surface area contributed by atoms with Crippen molar-refractivity contribution < 1.29 is 19.4 Å². The van der Waals surface area contributed by atoms with Gasteiger partial charge in [0.1, 0.15) is 12.3 Å². The van der Waals surface area contributed by atoms with E-state index in [2.05, 4.69) is 15.9 Å². The van der Waals surface area contributed by atoms with Gasteiger partial charge in [-0.05, 0) is 38.4 Å². The van der Waals surface area contributed by atoms with Crippen LogP contribution in [0.3, 0.4) is 0 Å². The van der Waals surface area contributed by atoms with E-state index in [-0.39, 0.29) is 19.1 Å². The first-order valence-corrected chi connectivity index (χ1v) is 7.20. The average Bonchev–Trinajstić information content (AvgIpc) is 2.42. The number of nitrogens with zero attached hydrogens (tertiary/aromatic N) is 2. The topological polar surface area (TPSA) is 70.1 Å². The van der Waals surface area contributed by atoms with Crippen molar-refractivity contribution in [3.05, 3.63) is 28.7 Å². The van der Waals surface area contributed by atoms with Crippen molar-refractivity contribution in [3.63, 3.8) is 0 Å². The summed E-state index contributed by atoms with van der Waals surface area (Å²) in [5.41, 5.74) is 0. The Balaban J connectivity index is 2.54. The molecule has 7 heteroatoms. The fourth-order valence-electron chi connectivity index (χ4n) is 1.54. The van der Waals surface area contributed by atoms with Crippen LogP contribution in [0, 0.1) is 0 Å². The summed E-state index contributed by atoms with van der Waals surface area (Å²) in [5, 5.41) is 8.86. The quantitative estimate of drug-likeness (QED) is 0.758. The number of ether oxygens (including phenoxy) is 1. The molecule has 116 valence electrons. The lowest BCUT2D eigenvalue weighted by atomic mass is 10.3. The third-order valence-corrected chi connectivity index (χ3v) is 3.20. The van der Waals surface area contributed by atoms with Crippen molar-refractivity contribution in [1.29, 1.82) is 0 Å². The molecule has 0 bridgehead atoms. The lowest BCUT2D eigenvalue weighted by Crippen LogP contribution is -2.42. The number of hydrogen-bond donors (Lipinski definition) is 1. The Labute approximate surface area is 132 Å². The fraction of sp³-hybridized carbons (Fsp3) is 0.429. The molecule has 0 aromatic heterocycles. The fourth-order valence-corrected chi connectivity index (χ4v) is 1.81. The molecule has 1 amide bonds. The molecule has 1 N–H and O–H groups in total. The van der Waals surface area contributed by atoms with Gasteiger partial charge in [0.25, 0.3) is 5.91 Å². The van der Waals surface area contributed by atoms with Crippen molar-refractivity contribution in [1.82, 2.24) is 9.80 Å². The van der Waals surface area contributed by atoms with Crippen molar-refractivity contribution in [3.8, 4) is 5.75 Å². The van der Waals surface area contributed by atoms with Gasteiger partial charge in [-0.1, -0.05) is 15.9 Å². The summed E-state index contributed by atoms with van der Waals surface area (Å²) in [6.45, 7) is 0.442. The summed E-state index contributed by atoms with van der Waals surface area (Å²) in [4.78, 5) is 26.0. The third-order valence-electron chi connectivity index (χ3n) is 2.67. The zero-order chi connectivity index (χ0) is 15.8. The lowest BCUT2D eigenvalue weighted by Gasteiger charge is -2.22. The number of halogens is 1. The highest BCUT2D eigenvalue weighted by Crippen LogP contribution is 2.16. The van der Waals surface area contributed by atoms with Crippen LogP contribution in [0.15, 0.2) is 28.7 Å². The van der Waals surface area contributed by atoms with Gasteiger partial charge in [0, 0.05) is 17.6 Å². The smallest absolute Gasteiger partial charge is 0.323 e. The lowest BCUT2D eigenvalue weighted by molar-refractivity contribution is -0.145. The number of aliphatic carboxylic acids is 1. The van der Waals surface area contributed by atoms with E-state index in [9.17, 15) is 9.59 Å². The van der Waals surface area contributed by atoms with Crippen LogP contribution in [-0.4, -0.2) is 67.1 Å². The second-order valence-corrected chi connectivity index (χ2v) is 5.67. The molecule has 6 nitrogen and oxygen atoms in total. The molecule has 1 aromatic carbocycles. The van der Waals surface area contributed by atoms with Gasteiger partial charge in [0.05, 0.1) is 0 Å². The number of rotatable bonds is 8. The highest BCUT2D eigenvalue weighted by atomic mass is 79.9. The van der Waals surface area contributed by atoms with Gasteiger partial charge in [-0.15, -0.1) is 0 Å². The summed E-state index contributed by atoms with van der Waals surface area (Å²) in [5.74, 6) is -0.817. The van der Waals surface area contributed by atoms with Crippen molar-refractivity contribution in [2.24, 2.45) is 0 Å². The molecule has 1 rings (SSSR count). The Morgan fingerprint density at radius 1 is 1.19 bits per heavy atom. The maximum Gasteiger partial charge on any atom is 0.323 e. The summed E-state index contributed by atoms with van der Waals surface area (Å²) in [6, 6.07) is 7.08. The van der Waals surface area contributed by atoms with Crippen LogP contribution in [0.25, 0.3) is 0 Å². The van der Waals surface area contributed by atoms with Gasteiger partial charge < -0.3 is 19.6 Å². The Morgan fingerprint density at radius 3 is 2.33 bits per heavy atom.